The Morgan fingerprint density at radius 1 is 0.875 bits per heavy atom. The van der Waals surface area contributed by atoms with Gasteiger partial charge in [-0.05, 0) is 18.8 Å². The van der Waals surface area contributed by atoms with Gasteiger partial charge < -0.3 is 0 Å². The van der Waals surface area contributed by atoms with Crippen LogP contribution in [0.2, 0.25) is 0 Å². The summed E-state index contributed by atoms with van der Waals surface area (Å²) in [5.41, 5.74) is 0. The minimum Gasteiger partial charge on any atom is -0.275 e. The van der Waals surface area contributed by atoms with Crippen LogP contribution in [0.1, 0.15) is 44.9 Å². The number of carbonyl (C=O) groups is 2. The van der Waals surface area contributed by atoms with E-state index in [2.05, 4.69) is 0 Å². The van der Waals surface area contributed by atoms with Gasteiger partial charge in [-0.1, -0.05) is 32.1 Å². The fraction of sp³-hybridized carbons (Fsp3) is 0.615. The second-order valence-electron chi connectivity index (χ2n) is 4.61. The van der Waals surface area contributed by atoms with E-state index in [1.807, 2.05) is 0 Å². The smallest absolute Gasteiger partial charge is 0.253 e. The monoisotopic (exact) mass is 220 g/mol. The van der Waals surface area contributed by atoms with Crippen LogP contribution in [-0.2, 0) is 9.59 Å². The molecule has 0 aromatic rings. The average molecular weight is 220 g/mol. The molecule has 0 bridgehead atoms. The maximum Gasteiger partial charge on any atom is 0.253 e. The van der Waals surface area contributed by atoms with E-state index in [0.717, 1.165) is 12.8 Å². The highest BCUT2D eigenvalue weighted by Gasteiger charge is 2.26. The minimum absolute atomic E-state index is 0.153. The van der Waals surface area contributed by atoms with Crippen molar-refractivity contribution in [1.29, 1.82) is 0 Å². The summed E-state index contributed by atoms with van der Waals surface area (Å²) in [5.74, 6) is 1.06. The Bertz CT molecular complexity index is 283. The van der Waals surface area contributed by atoms with Crippen LogP contribution in [-0.4, -0.2) is 23.3 Å². The number of nitrogens with zero attached hydrogens (tertiary/aromatic N) is 1. The third-order valence-electron chi connectivity index (χ3n) is 3.34. The molecular formula is C13H18NO2. The Kier molecular flexibility index (Phi) is 3.75. The highest BCUT2D eigenvalue weighted by Crippen LogP contribution is 2.25. The molecule has 87 valence electrons. The lowest BCUT2D eigenvalue weighted by molar-refractivity contribution is -0.136. The summed E-state index contributed by atoms with van der Waals surface area (Å²) >= 11 is 0. The first-order valence-electron chi connectivity index (χ1n) is 6.14. The van der Waals surface area contributed by atoms with E-state index in [4.69, 9.17) is 0 Å². The zero-order valence-corrected chi connectivity index (χ0v) is 9.58. The van der Waals surface area contributed by atoms with Gasteiger partial charge in [0, 0.05) is 18.7 Å². The lowest BCUT2D eigenvalue weighted by Gasteiger charge is -2.23. The van der Waals surface area contributed by atoms with E-state index in [-0.39, 0.29) is 11.8 Å². The molecule has 1 saturated carbocycles. The topological polar surface area (TPSA) is 37.4 Å². The van der Waals surface area contributed by atoms with Gasteiger partial charge in [-0.3, -0.25) is 14.5 Å². The quantitative estimate of drug-likeness (QED) is 0.669. The Hall–Kier alpha value is -1.12. The lowest BCUT2D eigenvalue weighted by atomic mass is 9.91. The van der Waals surface area contributed by atoms with E-state index < -0.39 is 0 Å². The second kappa shape index (κ2) is 5.28. The van der Waals surface area contributed by atoms with Crippen molar-refractivity contribution in [1.82, 2.24) is 4.90 Å². The van der Waals surface area contributed by atoms with Gasteiger partial charge in [-0.25, -0.2) is 0 Å². The molecule has 2 rings (SSSR count). The van der Waals surface area contributed by atoms with Crippen molar-refractivity contribution < 1.29 is 9.59 Å². The Morgan fingerprint density at radius 3 is 1.94 bits per heavy atom. The molecule has 0 atom stereocenters. The molecule has 0 spiro atoms. The van der Waals surface area contributed by atoms with Crippen LogP contribution in [0.25, 0.3) is 0 Å². The van der Waals surface area contributed by atoms with Gasteiger partial charge in [0.1, 0.15) is 0 Å². The first kappa shape index (κ1) is 11.4. The molecule has 1 fully saturated rings. The van der Waals surface area contributed by atoms with E-state index in [9.17, 15) is 9.59 Å². The normalized spacial score (nSPS) is 23.6. The maximum absolute atomic E-state index is 11.4. The van der Waals surface area contributed by atoms with E-state index >= 15 is 0 Å². The van der Waals surface area contributed by atoms with Crippen LogP contribution in [0.15, 0.2) is 12.2 Å². The van der Waals surface area contributed by atoms with Crippen LogP contribution in [0.3, 0.4) is 0 Å². The van der Waals surface area contributed by atoms with Gasteiger partial charge in [0.2, 0.25) is 0 Å². The van der Waals surface area contributed by atoms with Gasteiger partial charge in [0.05, 0.1) is 0 Å². The van der Waals surface area contributed by atoms with Crippen LogP contribution in [0.4, 0.5) is 0 Å². The minimum atomic E-state index is -0.153. The van der Waals surface area contributed by atoms with Crippen molar-refractivity contribution in [3.8, 4) is 0 Å². The van der Waals surface area contributed by atoms with Crippen molar-refractivity contribution in [2.45, 2.75) is 44.9 Å². The Balaban J connectivity index is 1.87. The fourth-order valence-electron chi connectivity index (χ4n) is 2.37. The van der Waals surface area contributed by atoms with Gasteiger partial charge >= 0.3 is 0 Å². The molecule has 2 amide bonds. The summed E-state index contributed by atoms with van der Waals surface area (Å²) < 4.78 is 0. The van der Waals surface area contributed by atoms with Gasteiger partial charge in [0.15, 0.2) is 0 Å². The summed E-state index contributed by atoms with van der Waals surface area (Å²) in [6.07, 6.45) is 11.2. The fourth-order valence-corrected chi connectivity index (χ4v) is 2.37. The summed E-state index contributed by atoms with van der Waals surface area (Å²) in [5, 5.41) is 0. The number of imide groups is 1. The maximum atomic E-state index is 11.4. The van der Waals surface area contributed by atoms with E-state index in [1.165, 1.54) is 55.1 Å². The van der Waals surface area contributed by atoms with Crippen LogP contribution in [0, 0.1) is 5.92 Å². The zero-order chi connectivity index (χ0) is 11.4. The molecule has 0 saturated heterocycles. The molecular weight excluding hydrogens is 202 g/mol. The number of carbonyl (C=O) groups excluding carboxylic acids is 2. The summed E-state index contributed by atoms with van der Waals surface area (Å²) in [6, 6.07) is 0. The second-order valence-corrected chi connectivity index (χ2v) is 4.61. The SMILES string of the molecule is O=C1C=CC(=O)N1C[C]1CCCCCCC1. The molecule has 1 aliphatic carbocycles. The molecule has 1 heterocycles. The van der Waals surface area contributed by atoms with Gasteiger partial charge in [-0.2, -0.15) is 0 Å². The lowest BCUT2D eigenvalue weighted by Crippen LogP contribution is -2.34. The number of amides is 2. The average Bonchev–Trinajstić information content (AvgIpc) is 2.53. The predicted octanol–water partition coefficient (Wildman–Crippen LogP) is 2.23. The van der Waals surface area contributed by atoms with Crippen LogP contribution >= 0.6 is 0 Å². The third kappa shape index (κ3) is 2.71. The number of rotatable bonds is 2. The Morgan fingerprint density at radius 2 is 1.38 bits per heavy atom. The van der Waals surface area contributed by atoms with E-state index in [0.29, 0.717) is 6.54 Å². The van der Waals surface area contributed by atoms with Crippen molar-refractivity contribution >= 4 is 11.8 Å². The number of hydrogen-bond donors (Lipinski definition) is 0. The number of hydrogen-bond acceptors (Lipinski definition) is 2. The standard InChI is InChI=1S/C13H18NO2/c15-12-8-9-13(16)14(12)10-11-6-4-2-1-3-5-7-11/h8-9H,1-7,10H2. The first-order valence-corrected chi connectivity index (χ1v) is 6.14. The van der Waals surface area contributed by atoms with Crippen molar-refractivity contribution in [2.24, 2.45) is 0 Å². The molecule has 1 aliphatic heterocycles. The van der Waals surface area contributed by atoms with E-state index in [1.54, 1.807) is 0 Å². The highest BCUT2D eigenvalue weighted by atomic mass is 16.2. The molecule has 1 radical (unpaired) electrons. The molecule has 0 aromatic heterocycles. The largest absolute Gasteiger partial charge is 0.275 e. The molecule has 3 heteroatoms. The molecule has 2 aliphatic rings. The summed E-state index contributed by atoms with van der Waals surface area (Å²) in [7, 11) is 0. The molecule has 16 heavy (non-hydrogen) atoms. The van der Waals surface area contributed by atoms with Crippen molar-refractivity contribution in [3.63, 3.8) is 0 Å². The molecule has 0 aromatic carbocycles. The first-order chi connectivity index (χ1) is 7.77. The highest BCUT2D eigenvalue weighted by molar-refractivity contribution is 6.12. The van der Waals surface area contributed by atoms with Gasteiger partial charge in [0.25, 0.3) is 11.8 Å². The zero-order valence-electron chi connectivity index (χ0n) is 9.58. The van der Waals surface area contributed by atoms with Gasteiger partial charge in [-0.15, -0.1) is 0 Å². The summed E-state index contributed by atoms with van der Waals surface area (Å²) in [4.78, 5) is 24.2. The predicted molar refractivity (Wildman–Crippen MR) is 61.4 cm³/mol. The molecule has 0 unspecified atom stereocenters. The summed E-state index contributed by atoms with van der Waals surface area (Å²) in [6.45, 7) is 0.546. The van der Waals surface area contributed by atoms with Crippen LogP contribution in [0.5, 0.6) is 0 Å². The van der Waals surface area contributed by atoms with Crippen molar-refractivity contribution in [3.05, 3.63) is 18.1 Å². The van der Waals surface area contributed by atoms with Crippen molar-refractivity contribution in [2.75, 3.05) is 6.54 Å². The third-order valence-corrected chi connectivity index (χ3v) is 3.34. The van der Waals surface area contributed by atoms with Crippen LogP contribution < -0.4 is 0 Å². The molecule has 0 N–H and O–H groups in total. The molecule has 3 nitrogen and oxygen atoms in total. The Labute approximate surface area is 96.5 Å².